The minimum Gasteiger partial charge on any atom is -0.384 e. The molecule has 7 nitrogen and oxygen atoms in total. The average Bonchev–Trinajstić information content (AvgIpc) is 2.78. The number of likely N-dealkylation sites (tertiary alicyclic amines) is 1. The van der Waals surface area contributed by atoms with Crippen LogP contribution in [0.2, 0.25) is 0 Å². The van der Waals surface area contributed by atoms with Gasteiger partial charge in [-0.25, -0.2) is 4.79 Å². The van der Waals surface area contributed by atoms with Gasteiger partial charge in [0, 0.05) is 13.6 Å². The van der Waals surface area contributed by atoms with Gasteiger partial charge in [0.15, 0.2) is 5.78 Å². The zero-order valence-electron chi connectivity index (χ0n) is 14.0. The maximum absolute atomic E-state index is 12.6. The fourth-order valence-corrected chi connectivity index (χ4v) is 3.06. The number of Topliss-reactive ketones (excluding diaryl/α,β-unsaturated/α-hetero) is 1. The van der Waals surface area contributed by atoms with E-state index < -0.39 is 11.2 Å². The van der Waals surface area contributed by atoms with Crippen molar-refractivity contribution in [2.75, 3.05) is 25.4 Å². The molecular formula is C16H26N4O3. The second-order valence-electron chi connectivity index (χ2n) is 6.17. The van der Waals surface area contributed by atoms with Gasteiger partial charge in [-0.1, -0.05) is 19.8 Å². The molecule has 0 spiro atoms. The lowest BCUT2D eigenvalue weighted by Gasteiger charge is -2.20. The maximum atomic E-state index is 12.6. The van der Waals surface area contributed by atoms with Crippen LogP contribution in [0.25, 0.3) is 0 Å². The SMILES string of the molecule is CCCn1c(N)c(C(=O)CN2CCCCCC2)c(=O)n(C)c1=O. The number of aromatic nitrogens is 2. The molecule has 1 saturated heterocycles. The highest BCUT2D eigenvalue weighted by Gasteiger charge is 2.23. The number of nitrogens with zero attached hydrogens (tertiary/aromatic N) is 3. The van der Waals surface area contributed by atoms with E-state index in [1.54, 1.807) is 0 Å². The highest BCUT2D eigenvalue weighted by molar-refractivity contribution is 6.01. The smallest absolute Gasteiger partial charge is 0.332 e. The van der Waals surface area contributed by atoms with Crippen LogP contribution in [0, 0.1) is 0 Å². The van der Waals surface area contributed by atoms with E-state index >= 15 is 0 Å². The van der Waals surface area contributed by atoms with E-state index in [-0.39, 0.29) is 23.7 Å². The van der Waals surface area contributed by atoms with Gasteiger partial charge >= 0.3 is 5.69 Å². The molecular weight excluding hydrogens is 296 g/mol. The standard InChI is InChI=1S/C16H26N4O3/c1-3-8-20-14(17)13(15(22)18(2)16(20)23)12(21)11-19-9-6-4-5-7-10-19/h3-11,17H2,1-2H3. The van der Waals surface area contributed by atoms with E-state index in [1.807, 2.05) is 6.92 Å². The summed E-state index contributed by atoms with van der Waals surface area (Å²) in [5.41, 5.74) is 4.87. The summed E-state index contributed by atoms with van der Waals surface area (Å²) in [6, 6.07) is 0. The summed E-state index contributed by atoms with van der Waals surface area (Å²) in [6.45, 7) is 4.21. The largest absolute Gasteiger partial charge is 0.384 e. The Labute approximate surface area is 135 Å². The van der Waals surface area contributed by atoms with E-state index in [2.05, 4.69) is 4.90 Å². The molecule has 1 aromatic rings. The Morgan fingerprint density at radius 3 is 2.30 bits per heavy atom. The Balaban J connectivity index is 2.35. The van der Waals surface area contributed by atoms with Gasteiger partial charge in [-0.05, 0) is 32.4 Å². The first-order valence-corrected chi connectivity index (χ1v) is 8.32. The van der Waals surface area contributed by atoms with Crippen LogP contribution in [-0.4, -0.2) is 39.5 Å². The Bertz CT molecular complexity index is 682. The predicted molar refractivity (Wildman–Crippen MR) is 89.9 cm³/mol. The predicted octanol–water partition coefficient (Wildman–Crippen LogP) is 0.598. The zero-order chi connectivity index (χ0) is 17.0. The molecule has 128 valence electrons. The third kappa shape index (κ3) is 3.72. The molecule has 0 bridgehead atoms. The van der Waals surface area contributed by atoms with Crippen LogP contribution in [0.5, 0.6) is 0 Å². The molecule has 2 rings (SSSR count). The molecule has 0 amide bonds. The first-order valence-electron chi connectivity index (χ1n) is 8.32. The summed E-state index contributed by atoms with van der Waals surface area (Å²) in [5.74, 6) is -0.297. The van der Waals surface area contributed by atoms with Crippen LogP contribution in [-0.2, 0) is 13.6 Å². The van der Waals surface area contributed by atoms with E-state index in [9.17, 15) is 14.4 Å². The lowest BCUT2D eigenvalue weighted by molar-refractivity contribution is 0.0931. The van der Waals surface area contributed by atoms with Crippen molar-refractivity contribution < 1.29 is 4.79 Å². The fraction of sp³-hybridized carbons (Fsp3) is 0.688. The van der Waals surface area contributed by atoms with E-state index in [0.29, 0.717) is 13.0 Å². The van der Waals surface area contributed by atoms with Crippen molar-refractivity contribution in [2.24, 2.45) is 7.05 Å². The molecule has 2 heterocycles. The van der Waals surface area contributed by atoms with Crippen molar-refractivity contribution in [1.82, 2.24) is 14.0 Å². The van der Waals surface area contributed by atoms with Crippen LogP contribution in [0.4, 0.5) is 5.82 Å². The zero-order valence-corrected chi connectivity index (χ0v) is 14.0. The summed E-state index contributed by atoms with van der Waals surface area (Å²) in [5, 5.41) is 0. The number of anilines is 1. The van der Waals surface area contributed by atoms with Crippen molar-refractivity contribution in [1.29, 1.82) is 0 Å². The summed E-state index contributed by atoms with van der Waals surface area (Å²) >= 11 is 0. The molecule has 0 aliphatic carbocycles. The highest BCUT2D eigenvalue weighted by Crippen LogP contribution is 2.12. The van der Waals surface area contributed by atoms with Gasteiger partial charge in [0.1, 0.15) is 11.4 Å². The van der Waals surface area contributed by atoms with Crippen LogP contribution < -0.4 is 17.0 Å². The number of hydrogen-bond donors (Lipinski definition) is 1. The normalized spacial score (nSPS) is 16.3. The van der Waals surface area contributed by atoms with Gasteiger partial charge < -0.3 is 5.73 Å². The van der Waals surface area contributed by atoms with Crippen molar-refractivity contribution in [3.05, 3.63) is 26.4 Å². The molecule has 23 heavy (non-hydrogen) atoms. The molecule has 0 radical (unpaired) electrons. The van der Waals surface area contributed by atoms with Crippen molar-refractivity contribution in [3.8, 4) is 0 Å². The minimum absolute atomic E-state index is 0.000211. The van der Waals surface area contributed by atoms with Gasteiger partial charge in [0.25, 0.3) is 5.56 Å². The number of ketones is 1. The van der Waals surface area contributed by atoms with Gasteiger partial charge in [-0.3, -0.25) is 23.6 Å². The lowest BCUT2D eigenvalue weighted by atomic mass is 10.1. The summed E-state index contributed by atoms with van der Waals surface area (Å²) < 4.78 is 2.29. The molecule has 0 aromatic carbocycles. The third-order valence-electron chi connectivity index (χ3n) is 4.38. The van der Waals surface area contributed by atoms with Crippen LogP contribution in [0.3, 0.4) is 0 Å². The Kier molecular flexibility index (Phi) is 5.76. The number of carbonyl (C=O) groups is 1. The monoisotopic (exact) mass is 322 g/mol. The minimum atomic E-state index is -0.598. The second-order valence-corrected chi connectivity index (χ2v) is 6.17. The Hall–Kier alpha value is -1.89. The van der Waals surface area contributed by atoms with Crippen molar-refractivity contribution >= 4 is 11.6 Å². The molecule has 1 aliphatic rings. The molecule has 2 N–H and O–H groups in total. The summed E-state index contributed by atoms with van der Waals surface area (Å²) in [6.07, 6.45) is 5.18. The highest BCUT2D eigenvalue weighted by atomic mass is 16.2. The molecule has 0 unspecified atom stereocenters. The molecule has 1 fully saturated rings. The number of rotatable bonds is 5. The fourth-order valence-electron chi connectivity index (χ4n) is 3.06. The van der Waals surface area contributed by atoms with Gasteiger partial charge in [0.05, 0.1) is 6.54 Å². The van der Waals surface area contributed by atoms with Crippen LogP contribution >= 0.6 is 0 Å². The Morgan fingerprint density at radius 2 is 1.74 bits per heavy atom. The number of nitrogens with two attached hydrogens (primary N) is 1. The number of carbonyl (C=O) groups excluding carboxylic acids is 1. The van der Waals surface area contributed by atoms with E-state index in [4.69, 9.17) is 5.73 Å². The van der Waals surface area contributed by atoms with Crippen LogP contribution in [0.1, 0.15) is 49.4 Å². The lowest BCUT2D eigenvalue weighted by Crippen LogP contribution is -2.44. The first-order chi connectivity index (χ1) is 11.0. The van der Waals surface area contributed by atoms with Gasteiger partial charge in [-0.2, -0.15) is 0 Å². The van der Waals surface area contributed by atoms with Crippen molar-refractivity contribution in [2.45, 2.75) is 45.6 Å². The first kappa shape index (κ1) is 17.5. The molecule has 7 heteroatoms. The molecule has 1 aliphatic heterocycles. The molecule has 1 aromatic heterocycles. The van der Waals surface area contributed by atoms with Gasteiger partial charge in [-0.15, -0.1) is 0 Å². The van der Waals surface area contributed by atoms with Crippen molar-refractivity contribution in [3.63, 3.8) is 0 Å². The second kappa shape index (κ2) is 7.59. The summed E-state index contributed by atoms with van der Waals surface area (Å²) in [7, 11) is 1.39. The van der Waals surface area contributed by atoms with E-state index in [1.165, 1.54) is 24.5 Å². The maximum Gasteiger partial charge on any atom is 0.332 e. The van der Waals surface area contributed by atoms with Gasteiger partial charge in [0.2, 0.25) is 0 Å². The Morgan fingerprint density at radius 1 is 1.13 bits per heavy atom. The van der Waals surface area contributed by atoms with E-state index in [0.717, 1.165) is 30.5 Å². The quantitative estimate of drug-likeness (QED) is 0.802. The molecule has 0 atom stereocenters. The number of hydrogen-bond acceptors (Lipinski definition) is 5. The van der Waals surface area contributed by atoms with Crippen LogP contribution in [0.15, 0.2) is 9.59 Å². The molecule has 0 saturated carbocycles. The summed E-state index contributed by atoms with van der Waals surface area (Å²) in [4.78, 5) is 39.2. The third-order valence-corrected chi connectivity index (χ3v) is 4.38. The number of nitrogen functional groups attached to an aromatic ring is 1. The topological polar surface area (TPSA) is 90.3 Å². The average molecular weight is 322 g/mol.